The predicted octanol–water partition coefficient (Wildman–Crippen LogP) is 1.59. The van der Waals surface area contributed by atoms with Gasteiger partial charge in [-0.1, -0.05) is 6.42 Å². The minimum absolute atomic E-state index is 0.250. The van der Waals surface area contributed by atoms with E-state index in [2.05, 4.69) is 0 Å². The Morgan fingerprint density at radius 3 is 2.94 bits per heavy atom. The second-order valence-corrected chi connectivity index (χ2v) is 7.52. The molecule has 0 spiro atoms. The van der Waals surface area contributed by atoms with Gasteiger partial charge in [-0.15, -0.1) is 0 Å². The lowest BCUT2D eigenvalue weighted by Crippen LogP contribution is -2.44. The Morgan fingerprint density at radius 2 is 2.31 bits per heavy atom. The fraction of sp³-hybridized carbons (Fsp3) is 0.636. The number of sulfone groups is 1. The minimum atomic E-state index is -2.95. The predicted molar refractivity (Wildman–Crippen MR) is 67.4 cm³/mol. The summed E-state index contributed by atoms with van der Waals surface area (Å²) >= 11 is 1.62. The molecule has 1 aromatic heterocycles. The van der Waals surface area contributed by atoms with Crippen LogP contribution in [-0.4, -0.2) is 25.5 Å². The summed E-state index contributed by atoms with van der Waals surface area (Å²) in [5.74, 6) is 0.314. The Bertz CT molecular complexity index is 425. The van der Waals surface area contributed by atoms with Gasteiger partial charge in [0.1, 0.15) is 0 Å². The molecule has 16 heavy (non-hydrogen) atoms. The molecule has 1 aromatic rings. The van der Waals surface area contributed by atoms with Crippen LogP contribution in [0, 0.1) is 0 Å². The van der Waals surface area contributed by atoms with Gasteiger partial charge in [-0.2, -0.15) is 11.3 Å². The lowest BCUT2D eigenvalue weighted by atomic mass is 10.0. The molecule has 2 atom stereocenters. The molecule has 1 aliphatic heterocycles. The van der Waals surface area contributed by atoms with Gasteiger partial charge in [0.15, 0.2) is 9.84 Å². The SMILES string of the molecule is NC(Cc1ccsc1)C1CCCCS1(=O)=O. The van der Waals surface area contributed by atoms with Crippen LogP contribution in [-0.2, 0) is 16.3 Å². The first-order chi connectivity index (χ1) is 7.59. The molecule has 0 saturated carbocycles. The van der Waals surface area contributed by atoms with Gasteiger partial charge in [0.05, 0.1) is 11.0 Å². The maximum atomic E-state index is 11.9. The summed E-state index contributed by atoms with van der Waals surface area (Å²) in [6.45, 7) is 0. The van der Waals surface area contributed by atoms with Crippen molar-refractivity contribution in [3.8, 4) is 0 Å². The summed E-state index contributed by atoms with van der Waals surface area (Å²) in [6, 6.07) is 1.76. The standard InChI is InChI=1S/C11H17NO2S2/c12-10(7-9-4-5-15-8-9)11-3-1-2-6-16(11,13)14/h4-5,8,10-11H,1-3,6-7,12H2. The van der Waals surface area contributed by atoms with Crippen molar-refractivity contribution in [1.29, 1.82) is 0 Å². The van der Waals surface area contributed by atoms with Crippen LogP contribution in [0.15, 0.2) is 16.8 Å². The highest BCUT2D eigenvalue weighted by Crippen LogP contribution is 2.23. The van der Waals surface area contributed by atoms with Crippen LogP contribution in [0.5, 0.6) is 0 Å². The second kappa shape index (κ2) is 4.85. The first-order valence-corrected chi connectivity index (χ1v) is 8.23. The lowest BCUT2D eigenvalue weighted by Gasteiger charge is -2.27. The Labute approximate surface area is 101 Å². The smallest absolute Gasteiger partial charge is 0.154 e. The molecule has 1 saturated heterocycles. The molecule has 90 valence electrons. The molecule has 0 amide bonds. The molecule has 0 bridgehead atoms. The van der Waals surface area contributed by atoms with Gasteiger partial charge in [0.2, 0.25) is 0 Å². The fourth-order valence-electron chi connectivity index (χ4n) is 2.27. The lowest BCUT2D eigenvalue weighted by molar-refractivity contribution is 0.495. The van der Waals surface area contributed by atoms with Crippen LogP contribution in [0.2, 0.25) is 0 Å². The number of rotatable bonds is 3. The van der Waals surface area contributed by atoms with Gasteiger partial charge >= 0.3 is 0 Å². The molecule has 2 rings (SSSR count). The first kappa shape index (κ1) is 12.1. The highest BCUT2D eigenvalue weighted by molar-refractivity contribution is 7.92. The summed E-state index contributed by atoms with van der Waals surface area (Å²) in [7, 11) is -2.95. The summed E-state index contributed by atoms with van der Waals surface area (Å²) in [5.41, 5.74) is 7.19. The van der Waals surface area contributed by atoms with Crippen molar-refractivity contribution in [2.45, 2.75) is 37.0 Å². The highest BCUT2D eigenvalue weighted by atomic mass is 32.2. The van der Waals surface area contributed by atoms with Crippen molar-refractivity contribution in [2.75, 3.05) is 5.75 Å². The Balaban J connectivity index is 2.06. The van der Waals surface area contributed by atoms with Gasteiger partial charge in [0.25, 0.3) is 0 Å². The Hall–Kier alpha value is -0.390. The maximum Gasteiger partial charge on any atom is 0.154 e. The number of nitrogens with two attached hydrogens (primary N) is 1. The summed E-state index contributed by atoms with van der Waals surface area (Å²) < 4.78 is 23.7. The average Bonchev–Trinajstić information content (AvgIpc) is 2.69. The third-order valence-electron chi connectivity index (χ3n) is 3.16. The number of hydrogen-bond donors (Lipinski definition) is 1. The van der Waals surface area contributed by atoms with Gasteiger partial charge in [-0.05, 0) is 41.7 Å². The van der Waals surface area contributed by atoms with Crippen LogP contribution < -0.4 is 5.73 Å². The maximum absolute atomic E-state index is 11.9. The van der Waals surface area contributed by atoms with Crippen LogP contribution in [0.4, 0.5) is 0 Å². The number of hydrogen-bond acceptors (Lipinski definition) is 4. The third-order valence-corrected chi connectivity index (χ3v) is 6.26. The topological polar surface area (TPSA) is 60.2 Å². The monoisotopic (exact) mass is 259 g/mol. The van der Waals surface area contributed by atoms with E-state index in [-0.39, 0.29) is 11.3 Å². The van der Waals surface area contributed by atoms with Gasteiger partial charge in [0, 0.05) is 6.04 Å². The van der Waals surface area contributed by atoms with E-state index in [0.717, 1.165) is 24.8 Å². The van der Waals surface area contributed by atoms with Crippen molar-refractivity contribution >= 4 is 21.2 Å². The van der Waals surface area contributed by atoms with Crippen molar-refractivity contribution in [3.05, 3.63) is 22.4 Å². The normalized spacial score (nSPS) is 26.4. The minimum Gasteiger partial charge on any atom is -0.326 e. The first-order valence-electron chi connectivity index (χ1n) is 5.58. The molecule has 2 unspecified atom stereocenters. The zero-order valence-corrected chi connectivity index (χ0v) is 10.8. The summed E-state index contributed by atoms with van der Waals surface area (Å²) in [5, 5.41) is 3.70. The summed E-state index contributed by atoms with van der Waals surface area (Å²) in [6.07, 6.45) is 3.19. The molecule has 1 fully saturated rings. The second-order valence-electron chi connectivity index (χ2n) is 4.40. The van der Waals surface area contributed by atoms with Crippen LogP contribution in [0.1, 0.15) is 24.8 Å². The molecule has 0 aliphatic carbocycles. The van der Waals surface area contributed by atoms with Gasteiger partial charge in [-0.25, -0.2) is 8.42 Å². The molecular formula is C11H17NO2S2. The van der Waals surface area contributed by atoms with Crippen molar-refractivity contribution in [1.82, 2.24) is 0 Å². The highest BCUT2D eigenvalue weighted by Gasteiger charge is 2.33. The van der Waals surface area contributed by atoms with Crippen LogP contribution in [0.25, 0.3) is 0 Å². The zero-order valence-electron chi connectivity index (χ0n) is 9.13. The van der Waals surface area contributed by atoms with Crippen LogP contribution >= 0.6 is 11.3 Å². The molecule has 2 heterocycles. The van der Waals surface area contributed by atoms with Crippen LogP contribution in [0.3, 0.4) is 0 Å². The molecule has 0 radical (unpaired) electrons. The van der Waals surface area contributed by atoms with E-state index in [1.54, 1.807) is 11.3 Å². The molecule has 1 aliphatic rings. The summed E-state index contributed by atoms with van der Waals surface area (Å²) in [4.78, 5) is 0. The zero-order chi connectivity index (χ0) is 11.6. The van der Waals surface area contributed by atoms with E-state index >= 15 is 0 Å². The van der Waals surface area contributed by atoms with Gasteiger partial charge < -0.3 is 5.73 Å². The largest absolute Gasteiger partial charge is 0.326 e. The number of thiophene rings is 1. The molecular weight excluding hydrogens is 242 g/mol. The van der Waals surface area contributed by atoms with E-state index in [1.807, 2.05) is 16.8 Å². The van der Waals surface area contributed by atoms with E-state index in [1.165, 1.54) is 0 Å². The molecule has 5 heteroatoms. The Kier molecular flexibility index (Phi) is 3.66. The van der Waals surface area contributed by atoms with Crippen molar-refractivity contribution in [2.24, 2.45) is 5.73 Å². The molecule has 3 nitrogen and oxygen atoms in total. The van der Waals surface area contributed by atoms with E-state index < -0.39 is 9.84 Å². The fourth-order valence-corrected chi connectivity index (χ4v) is 5.02. The molecule has 0 aromatic carbocycles. The van der Waals surface area contributed by atoms with Gasteiger partial charge in [-0.3, -0.25) is 0 Å². The van der Waals surface area contributed by atoms with E-state index in [4.69, 9.17) is 5.73 Å². The molecule has 2 N–H and O–H groups in total. The van der Waals surface area contributed by atoms with Crippen molar-refractivity contribution < 1.29 is 8.42 Å². The van der Waals surface area contributed by atoms with E-state index in [0.29, 0.717) is 12.2 Å². The quantitative estimate of drug-likeness (QED) is 0.896. The Morgan fingerprint density at radius 1 is 1.50 bits per heavy atom. The third kappa shape index (κ3) is 2.64. The van der Waals surface area contributed by atoms with E-state index in [9.17, 15) is 8.42 Å². The average molecular weight is 259 g/mol. The van der Waals surface area contributed by atoms with Crippen molar-refractivity contribution in [3.63, 3.8) is 0 Å².